The van der Waals surface area contributed by atoms with Crippen LogP contribution in [-0.4, -0.2) is 30.4 Å². The van der Waals surface area contributed by atoms with Gasteiger partial charge in [0.2, 0.25) is 5.91 Å². The van der Waals surface area contributed by atoms with E-state index in [9.17, 15) is 4.79 Å². The van der Waals surface area contributed by atoms with Gasteiger partial charge in [0.25, 0.3) is 0 Å². The fraction of sp³-hybridized carbons (Fsp3) is 0.562. The molecule has 1 aromatic rings. The highest BCUT2D eigenvalue weighted by molar-refractivity contribution is 5.83. The van der Waals surface area contributed by atoms with Crippen LogP contribution in [0.1, 0.15) is 44.2 Å². The van der Waals surface area contributed by atoms with Crippen LogP contribution in [0.2, 0.25) is 0 Å². The standard InChI is InChI=1S/C16H24N2O/c1-2-11-17-16(19)15(14-9-5-3-6-10-14)18-12-7-4-8-13-18/h3,5-6,9-10,15H,2,4,7-8,11-13H2,1H3,(H,17,19). The smallest absolute Gasteiger partial charge is 0.241 e. The van der Waals surface area contributed by atoms with Gasteiger partial charge in [0.1, 0.15) is 6.04 Å². The first-order chi connectivity index (χ1) is 9.33. The van der Waals surface area contributed by atoms with Crippen LogP contribution >= 0.6 is 0 Å². The summed E-state index contributed by atoms with van der Waals surface area (Å²) in [6.45, 7) is 4.90. The highest BCUT2D eigenvalue weighted by Gasteiger charge is 2.28. The Morgan fingerprint density at radius 3 is 2.53 bits per heavy atom. The molecule has 1 aliphatic heterocycles. The van der Waals surface area contributed by atoms with Crippen molar-refractivity contribution in [2.75, 3.05) is 19.6 Å². The van der Waals surface area contributed by atoms with Gasteiger partial charge in [-0.15, -0.1) is 0 Å². The molecule has 1 heterocycles. The first kappa shape index (κ1) is 14.1. The molecule has 1 unspecified atom stereocenters. The van der Waals surface area contributed by atoms with Crippen LogP contribution in [-0.2, 0) is 4.79 Å². The van der Waals surface area contributed by atoms with Gasteiger partial charge in [0.05, 0.1) is 0 Å². The van der Waals surface area contributed by atoms with Crippen LogP contribution < -0.4 is 5.32 Å². The van der Waals surface area contributed by atoms with E-state index in [1.165, 1.54) is 19.3 Å². The summed E-state index contributed by atoms with van der Waals surface area (Å²) in [4.78, 5) is 14.8. The molecule has 1 N–H and O–H groups in total. The molecule has 1 aliphatic rings. The monoisotopic (exact) mass is 260 g/mol. The molecule has 1 aromatic carbocycles. The Hall–Kier alpha value is -1.35. The number of amides is 1. The van der Waals surface area contributed by atoms with E-state index in [-0.39, 0.29) is 11.9 Å². The zero-order valence-corrected chi connectivity index (χ0v) is 11.8. The van der Waals surface area contributed by atoms with Crippen molar-refractivity contribution < 1.29 is 4.79 Å². The first-order valence-electron chi connectivity index (χ1n) is 7.39. The number of carbonyl (C=O) groups excluding carboxylic acids is 1. The fourth-order valence-corrected chi connectivity index (χ4v) is 2.68. The van der Waals surface area contributed by atoms with Gasteiger partial charge in [0.15, 0.2) is 0 Å². The number of benzene rings is 1. The summed E-state index contributed by atoms with van der Waals surface area (Å²) >= 11 is 0. The Kier molecular flexibility index (Phi) is 5.40. The minimum Gasteiger partial charge on any atom is -0.354 e. The summed E-state index contributed by atoms with van der Waals surface area (Å²) in [5.41, 5.74) is 1.11. The quantitative estimate of drug-likeness (QED) is 0.883. The number of carbonyl (C=O) groups is 1. The second kappa shape index (κ2) is 7.29. The van der Waals surface area contributed by atoms with Gasteiger partial charge >= 0.3 is 0 Å². The number of hydrogen-bond donors (Lipinski definition) is 1. The molecule has 1 amide bonds. The van der Waals surface area contributed by atoms with Crippen molar-refractivity contribution in [2.24, 2.45) is 0 Å². The maximum atomic E-state index is 12.4. The van der Waals surface area contributed by atoms with E-state index in [0.29, 0.717) is 0 Å². The Bertz CT molecular complexity index is 385. The van der Waals surface area contributed by atoms with Crippen LogP contribution in [0, 0.1) is 0 Å². The van der Waals surface area contributed by atoms with Gasteiger partial charge in [-0.05, 0) is 37.9 Å². The fourth-order valence-electron chi connectivity index (χ4n) is 2.68. The predicted molar refractivity (Wildman–Crippen MR) is 77.9 cm³/mol. The van der Waals surface area contributed by atoms with Crippen LogP contribution in [0.4, 0.5) is 0 Å². The lowest BCUT2D eigenvalue weighted by molar-refractivity contribution is -0.127. The maximum Gasteiger partial charge on any atom is 0.241 e. The number of nitrogens with zero attached hydrogens (tertiary/aromatic N) is 1. The number of piperidine rings is 1. The Morgan fingerprint density at radius 2 is 1.89 bits per heavy atom. The molecular formula is C16H24N2O. The van der Waals surface area contributed by atoms with E-state index in [0.717, 1.165) is 31.6 Å². The Balaban J connectivity index is 2.14. The second-order valence-electron chi connectivity index (χ2n) is 5.20. The summed E-state index contributed by atoms with van der Waals surface area (Å²) < 4.78 is 0. The van der Waals surface area contributed by atoms with Crippen LogP contribution in [0.5, 0.6) is 0 Å². The average molecular weight is 260 g/mol. The van der Waals surface area contributed by atoms with Crippen molar-refractivity contribution in [3.05, 3.63) is 35.9 Å². The predicted octanol–water partition coefficient (Wildman–Crippen LogP) is 2.74. The SMILES string of the molecule is CCCNC(=O)C(c1ccccc1)N1CCCCC1. The van der Waals surface area contributed by atoms with Crippen LogP contribution in [0.3, 0.4) is 0 Å². The topological polar surface area (TPSA) is 32.3 Å². The second-order valence-corrected chi connectivity index (χ2v) is 5.20. The summed E-state index contributed by atoms with van der Waals surface area (Å²) in [5.74, 6) is 0.148. The Labute approximate surface area is 116 Å². The lowest BCUT2D eigenvalue weighted by Crippen LogP contribution is -2.43. The summed E-state index contributed by atoms with van der Waals surface area (Å²) in [6.07, 6.45) is 4.66. The van der Waals surface area contributed by atoms with Gasteiger partial charge in [-0.3, -0.25) is 9.69 Å². The molecule has 104 valence electrons. The van der Waals surface area contributed by atoms with Crippen molar-refractivity contribution in [3.8, 4) is 0 Å². The van der Waals surface area contributed by atoms with E-state index in [1.807, 2.05) is 18.2 Å². The third-order valence-electron chi connectivity index (χ3n) is 3.67. The molecule has 0 aromatic heterocycles. The van der Waals surface area contributed by atoms with Crippen molar-refractivity contribution in [1.82, 2.24) is 10.2 Å². The highest BCUT2D eigenvalue weighted by atomic mass is 16.2. The van der Waals surface area contributed by atoms with Crippen molar-refractivity contribution >= 4 is 5.91 Å². The van der Waals surface area contributed by atoms with E-state index in [4.69, 9.17) is 0 Å². The van der Waals surface area contributed by atoms with Crippen molar-refractivity contribution in [1.29, 1.82) is 0 Å². The van der Waals surface area contributed by atoms with Crippen LogP contribution in [0.15, 0.2) is 30.3 Å². The van der Waals surface area contributed by atoms with Gasteiger partial charge in [0, 0.05) is 6.54 Å². The van der Waals surface area contributed by atoms with Gasteiger partial charge in [-0.2, -0.15) is 0 Å². The molecule has 3 nitrogen and oxygen atoms in total. The zero-order valence-electron chi connectivity index (χ0n) is 11.8. The van der Waals surface area contributed by atoms with Gasteiger partial charge < -0.3 is 5.32 Å². The molecule has 0 spiro atoms. The minimum atomic E-state index is -0.118. The lowest BCUT2D eigenvalue weighted by atomic mass is 10.0. The normalized spacial score (nSPS) is 17.9. The molecule has 3 heteroatoms. The van der Waals surface area contributed by atoms with Gasteiger partial charge in [-0.1, -0.05) is 43.7 Å². The lowest BCUT2D eigenvalue weighted by Gasteiger charge is -2.33. The average Bonchev–Trinajstić information content (AvgIpc) is 2.47. The number of likely N-dealkylation sites (tertiary alicyclic amines) is 1. The molecule has 0 aliphatic carbocycles. The molecule has 0 radical (unpaired) electrons. The third kappa shape index (κ3) is 3.80. The molecule has 2 rings (SSSR count). The number of hydrogen-bond acceptors (Lipinski definition) is 2. The number of nitrogens with one attached hydrogen (secondary N) is 1. The third-order valence-corrected chi connectivity index (χ3v) is 3.67. The maximum absolute atomic E-state index is 12.4. The van der Waals surface area contributed by atoms with Gasteiger partial charge in [-0.25, -0.2) is 0 Å². The van der Waals surface area contributed by atoms with Crippen molar-refractivity contribution in [2.45, 2.75) is 38.6 Å². The van der Waals surface area contributed by atoms with E-state index in [1.54, 1.807) is 0 Å². The largest absolute Gasteiger partial charge is 0.354 e. The van der Waals surface area contributed by atoms with Crippen molar-refractivity contribution in [3.63, 3.8) is 0 Å². The molecular weight excluding hydrogens is 236 g/mol. The summed E-state index contributed by atoms with van der Waals surface area (Å²) in [5, 5.41) is 3.05. The molecule has 1 fully saturated rings. The highest BCUT2D eigenvalue weighted by Crippen LogP contribution is 2.24. The van der Waals surface area contributed by atoms with E-state index < -0.39 is 0 Å². The van der Waals surface area contributed by atoms with Crippen LogP contribution in [0.25, 0.3) is 0 Å². The van der Waals surface area contributed by atoms with E-state index in [2.05, 4.69) is 29.3 Å². The number of rotatable bonds is 5. The summed E-state index contributed by atoms with van der Waals surface area (Å²) in [7, 11) is 0. The zero-order chi connectivity index (χ0) is 13.5. The molecule has 1 saturated heterocycles. The van der Waals surface area contributed by atoms with E-state index >= 15 is 0 Å². The molecule has 1 atom stereocenters. The molecule has 0 saturated carbocycles. The minimum absolute atomic E-state index is 0.118. The molecule has 0 bridgehead atoms. The Morgan fingerprint density at radius 1 is 1.21 bits per heavy atom. The summed E-state index contributed by atoms with van der Waals surface area (Å²) in [6, 6.07) is 10.0. The molecule has 19 heavy (non-hydrogen) atoms. The first-order valence-corrected chi connectivity index (χ1v) is 7.39.